The van der Waals surface area contributed by atoms with Crippen LogP contribution >= 0.6 is 0 Å². The lowest BCUT2D eigenvalue weighted by atomic mass is 10.3. The van der Waals surface area contributed by atoms with Crippen LogP contribution in [0.4, 0.5) is 0 Å². The molecule has 1 aromatic rings. The summed E-state index contributed by atoms with van der Waals surface area (Å²) in [7, 11) is 1.65. The van der Waals surface area contributed by atoms with Gasteiger partial charge >= 0.3 is 5.97 Å². The van der Waals surface area contributed by atoms with E-state index in [1.807, 2.05) is 6.07 Å². The average Bonchev–Trinajstić information content (AvgIpc) is 2.42. The van der Waals surface area contributed by atoms with E-state index in [-0.39, 0.29) is 0 Å². The van der Waals surface area contributed by atoms with Gasteiger partial charge in [0.1, 0.15) is 5.75 Å². The predicted octanol–water partition coefficient (Wildman–Crippen LogP) is 1.06. The molecule has 0 fully saturated rings. The fraction of sp³-hybridized carbons (Fsp3) is 0.538. The molecule has 106 valence electrons. The summed E-state index contributed by atoms with van der Waals surface area (Å²) >= 11 is 0. The average molecular weight is 268 g/mol. The molecular weight excluding hydrogens is 248 g/mol. The molecule has 1 rings (SSSR count). The van der Waals surface area contributed by atoms with Crippen molar-refractivity contribution in [1.82, 2.24) is 10.3 Å². The Kier molecular flexibility index (Phi) is 6.84. The first-order valence-corrected chi connectivity index (χ1v) is 6.21. The van der Waals surface area contributed by atoms with Crippen LogP contribution in [-0.4, -0.2) is 42.4 Å². The van der Waals surface area contributed by atoms with Crippen molar-refractivity contribution in [2.75, 3.05) is 20.3 Å². The topological polar surface area (TPSA) is 80.7 Å². The number of nitrogens with one attached hydrogen (secondary N) is 1. The number of pyridine rings is 1. The zero-order valence-corrected chi connectivity index (χ0v) is 11.3. The lowest BCUT2D eigenvalue weighted by Crippen LogP contribution is -2.26. The van der Waals surface area contributed by atoms with Crippen molar-refractivity contribution in [2.24, 2.45) is 0 Å². The monoisotopic (exact) mass is 268 g/mol. The molecule has 0 aliphatic heterocycles. The third-order valence-corrected chi connectivity index (χ3v) is 2.51. The second kappa shape index (κ2) is 8.44. The molecule has 6 heteroatoms. The van der Waals surface area contributed by atoms with E-state index in [1.165, 1.54) is 0 Å². The zero-order valence-electron chi connectivity index (χ0n) is 11.3. The molecule has 0 spiro atoms. The summed E-state index contributed by atoms with van der Waals surface area (Å²) in [4.78, 5) is 15.0. The van der Waals surface area contributed by atoms with E-state index >= 15 is 0 Å². The van der Waals surface area contributed by atoms with Crippen LogP contribution in [0.3, 0.4) is 0 Å². The van der Waals surface area contributed by atoms with Crippen LogP contribution in [-0.2, 0) is 16.1 Å². The third kappa shape index (κ3) is 5.67. The molecule has 0 amide bonds. The number of rotatable bonds is 9. The number of aliphatic carboxylic acids is 1. The Morgan fingerprint density at radius 3 is 2.84 bits per heavy atom. The summed E-state index contributed by atoms with van der Waals surface area (Å²) < 4.78 is 10.2. The summed E-state index contributed by atoms with van der Waals surface area (Å²) in [6.07, 6.45) is 1.13. The minimum absolute atomic E-state index is 0.412. The van der Waals surface area contributed by atoms with Crippen molar-refractivity contribution >= 4 is 5.97 Å². The van der Waals surface area contributed by atoms with Gasteiger partial charge in [-0.15, -0.1) is 0 Å². The molecular formula is C13H20N2O4. The van der Waals surface area contributed by atoms with E-state index in [9.17, 15) is 4.79 Å². The number of carboxylic acids is 1. The first-order valence-electron chi connectivity index (χ1n) is 6.21. The fourth-order valence-electron chi connectivity index (χ4n) is 1.45. The van der Waals surface area contributed by atoms with Crippen LogP contribution in [0.15, 0.2) is 18.3 Å². The molecule has 1 unspecified atom stereocenters. The van der Waals surface area contributed by atoms with Gasteiger partial charge in [0.15, 0.2) is 6.10 Å². The molecule has 0 aromatic carbocycles. The Labute approximate surface area is 112 Å². The van der Waals surface area contributed by atoms with Crippen molar-refractivity contribution in [2.45, 2.75) is 26.0 Å². The van der Waals surface area contributed by atoms with Gasteiger partial charge in [-0.1, -0.05) is 6.92 Å². The van der Waals surface area contributed by atoms with E-state index < -0.39 is 12.1 Å². The smallest absolute Gasteiger partial charge is 0.344 e. The quantitative estimate of drug-likeness (QED) is 0.652. The van der Waals surface area contributed by atoms with E-state index in [0.29, 0.717) is 25.3 Å². The molecule has 0 aliphatic rings. The molecule has 0 saturated carbocycles. The minimum atomic E-state index is -0.965. The van der Waals surface area contributed by atoms with Gasteiger partial charge in [0.25, 0.3) is 0 Å². The molecule has 1 heterocycles. The lowest BCUT2D eigenvalue weighted by Gasteiger charge is -2.13. The molecule has 0 aliphatic carbocycles. The molecule has 0 radical (unpaired) electrons. The highest BCUT2D eigenvalue weighted by Gasteiger charge is 2.16. The van der Waals surface area contributed by atoms with Crippen LogP contribution in [0.1, 0.15) is 19.0 Å². The van der Waals surface area contributed by atoms with E-state index in [4.69, 9.17) is 14.6 Å². The maximum Gasteiger partial charge on any atom is 0.344 e. The van der Waals surface area contributed by atoms with Crippen LogP contribution in [0, 0.1) is 0 Å². The number of carboxylic acid groups (broad SMARTS) is 1. The molecule has 2 N–H and O–H groups in total. The van der Waals surface area contributed by atoms with E-state index in [0.717, 1.165) is 12.2 Å². The second-order valence-electron chi connectivity index (χ2n) is 4.01. The normalized spacial score (nSPS) is 12.1. The Balaban J connectivity index is 2.44. The van der Waals surface area contributed by atoms with Crippen molar-refractivity contribution < 1.29 is 19.4 Å². The fourth-order valence-corrected chi connectivity index (χ4v) is 1.45. The van der Waals surface area contributed by atoms with Gasteiger partial charge in [-0.2, -0.15) is 0 Å². The summed E-state index contributed by atoms with van der Waals surface area (Å²) in [5, 5.41) is 12.1. The van der Waals surface area contributed by atoms with Crippen LogP contribution in [0.25, 0.3) is 0 Å². The number of hydrogen-bond donors (Lipinski definition) is 2. The molecule has 1 atom stereocenters. The Hall–Kier alpha value is -1.66. The number of hydrogen-bond acceptors (Lipinski definition) is 5. The van der Waals surface area contributed by atoms with Gasteiger partial charge in [0.2, 0.25) is 0 Å². The maximum absolute atomic E-state index is 10.8. The number of methoxy groups -OCH3 is 1. The third-order valence-electron chi connectivity index (χ3n) is 2.51. The van der Waals surface area contributed by atoms with E-state index in [2.05, 4.69) is 10.3 Å². The summed E-state index contributed by atoms with van der Waals surface area (Å²) in [6, 6.07) is 3.54. The highest BCUT2D eigenvalue weighted by Crippen LogP contribution is 2.12. The second-order valence-corrected chi connectivity index (χ2v) is 4.01. The first-order chi connectivity index (χ1) is 9.17. The number of ether oxygens (including phenoxy) is 2. The summed E-state index contributed by atoms with van der Waals surface area (Å²) in [5.74, 6) is -0.497. The summed E-state index contributed by atoms with van der Waals surface area (Å²) in [6.45, 7) is 3.81. The standard InChI is InChI=1S/C13H20N2O4/c1-3-12(13(16)17)19-11-5-4-10(15-9-11)8-14-6-7-18-2/h4-5,9,12,14H,3,6-8H2,1-2H3,(H,16,17). The van der Waals surface area contributed by atoms with Gasteiger partial charge in [-0.05, 0) is 18.6 Å². The van der Waals surface area contributed by atoms with Crippen LogP contribution in [0.2, 0.25) is 0 Å². The van der Waals surface area contributed by atoms with Crippen molar-refractivity contribution in [3.05, 3.63) is 24.0 Å². The highest BCUT2D eigenvalue weighted by molar-refractivity contribution is 5.72. The number of nitrogens with zero attached hydrogens (tertiary/aromatic N) is 1. The van der Waals surface area contributed by atoms with Gasteiger partial charge in [0.05, 0.1) is 18.5 Å². The van der Waals surface area contributed by atoms with Gasteiger partial charge in [0, 0.05) is 20.2 Å². The molecule has 19 heavy (non-hydrogen) atoms. The van der Waals surface area contributed by atoms with Gasteiger partial charge in [-0.3, -0.25) is 4.98 Å². The largest absolute Gasteiger partial charge is 0.479 e. The molecule has 1 aromatic heterocycles. The number of aromatic nitrogens is 1. The zero-order chi connectivity index (χ0) is 14.1. The minimum Gasteiger partial charge on any atom is -0.479 e. The Bertz CT molecular complexity index is 381. The predicted molar refractivity (Wildman–Crippen MR) is 70.2 cm³/mol. The highest BCUT2D eigenvalue weighted by atomic mass is 16.5. The van der Waals surface area contributed by atoms with Crippen LogP contribution < -0.4 is 10.1 Å². The van der Waals surface area contributed by atoms with Crippen molar-refractivity contribution in [1.29, 1.82) is 0 Å². The molecule has 6 nitrogen and oxygen atoms in total. The lowest BCUT2D eigenvalue weighted by molar-refractivity contribution is -0.145. The maximum atomic E-state index is 10.8. The van der Waals surface area contributed by atoms with Crippen molar-refractivity contribution in [3.8, 4) is 5.75 Å². The SMILES string of the molecule is CCC(Oc1ccc(CNCCOC)nc1)C(=O)O. The molecule has 0 saturated heterocycles. The van der Waals surface area contributed by atoms with E-state index in [1.54, 1.807) is 26.3 Å². The van der Waals surface area contributed by atoms with Crippen LogP contribution in [0.5, 0.6) is 5.75 Å². The Morgan fingerprint density at radius 2 is 2.32 bits per heavy atom. The molecule has 0 bridgehead atoms. The van der Waals surface area contributed by atoms with Gasteiger partial charge < -0.3 is 19.9 Å². The van der Waals surface area contributed by atoms with Gasteiger partial charge in [-0.25, -0.2) is 4.79 Å². The number of carbonyl (C=O) groups is 1. The van der Waals surface area contributed by atoms with Crippen molar-refractivity contribution in [3.63, 3.8) is 0 Å². The summed E-state index contributed by atoms with van der Waals surface area (Å²) in [5.41, 5.74) is 0.867. The first kappa shape index (κ1) is 15.4. The Morgan fingerprint density at radius 1 is 1.53 bits per heavy atom.